The molecule has 1 aliphatic rings. The number of benzene rings is 1. The van der Waals surface area contributed by atoms with Crippen LogP contribution in [0.3, 0.4) is 0 Å². The van der Waals surface area contributed by atoms with Gasteiger partial charge in [0, 0.05) is 44.7 Å². The predicted octanol–water partition coefficient (Wildman–Crippen LogP) is 4.49. The van der Waals surface area contributed by atoms with Crippen molar-refractivity contribution >= 4 is 17.8 Å². The summed E-state index contributed by atoms with van der Waals surface area (Å²) < 4.78 is 9.72. The quantitative estimate of drug-likeness (QED) is 0.279. The van der Waals surface area contributed by atoms with Crippen molar-refractivity contribution in [2.45, 2.75) is 25.9 Å². The average molecular weight is 493 g/mol. The molecule has 3 aromatic heterocycles. The Bertz CT molecular complexity index is 1510. The fraction of sp³-hybridized carbons (Fsp3) is 0.250. The molecule has 186 valence electrons. The zero-order chi connectivity index (χ0) is 25.8. The lowest BCUT2D eigenvalue weighted by Crippen LogP contribution is -2.37. The largest absolute Gasteiger partial charge is 0.490 e. The summed E-state index contributed by atoms with van der Waals surface area (Å²) in [6.07, 6.45) is 13.3. The average Bonchev–Trinajstić information content (AvgIpc) is 3.58. The molecule has 0 N–H and O–H groups in total. The molecule has 0 amide bonds. The summed E-state index contributed by atoms with van der Waals surface area (Å²) in [4.78, 5) is 11.5. The van der Waals surface area contributed by atoms with Gasteiger partial charge < -0.3 is 9.64 Å². The second-order valence-electron chi connectivity index (χ2n) is 9.01. The smallest absolute Gasteiger partial charge is 0.127 e. The van der Waals surface area contributed by atoms with E-state index < -0.39 is 0 Å². The van der Waals surface area contributed by atoms with Crippen LogP contribution in [0.5, 0.6) is 5.75 Å². The van der Waals surface area contributed by atoms with Gasteiger partial charge in [-0.2, -0.15) is 15.5 Å². The van der Waals surface area contributed by atoms with Gasteiger partial charge in [-0.15, -0.1) is 0 Å². The molecule has 0 aliphatic carbocycles. The summed E-state index contributed by atoms with van der Waals surface area (Å²) in [6, 6.07) is 11.3. The van der Waals surface area contributed by atoms with E-state index in [2.05, 4.69) is 32.9 Å². The van der Waals surface area contributed by atoms with Crippen LogP contribution in [0.15, 0.2) is 78.1 Å². The molecule has 0 spiro atoms. The Morgan fingerprint density at radius 2 is 1.92 bits per heavy atom. The molecular weight excluding hydrogens is 464 g/mol. The molecule has 1 fully saturated rings. The summed E-state index contributed by atoms with van der Waals surface area (Å²) in [7, 11) is 1.89. The van der Waals surface area contributed by atoms with Gasteiger partial charge >= 0.3 is 0 Å². The Labute approximate surface area is 215 Å². The van der Waals surface area contributed by atoms with Crippen molar-refractivity contribution in [1.29, 1.82) is 5.26 Å². The molecule has 0 bridgehead atoms. The second kappa shape index (κ2) is 10.5. The van der Waals surface area contributed by atoms with Crippen molar-refractivity contribution in [3.8, 4) is 23.1 Å². The van der Waals surface area contributed by atoms with E-state index in [9.17, 15) is 0 Å². The number of nitrogens with zero attached hydrogens (tertiary/aromatic N) is 8. The molecule has 1 saturated heterocycles. The highest BCUT2D eigenvalue weighted by atomic mass is 16.5. The minimum absolute atomic E-state index is 0.127. The molecule has 0 atom stereocenters. The van der Waals surface area contributed by atoms with Crippen LogP contribution < -0.4 is 4.74 Å². The van der Waals surface area contributed by atoms with E-state index in [1.807, 2.05) is 61.2 Å². The maximum atomic E-state index is 8.96. The third-order valence-electron chi connectivity index (χ3n) is 6.46. The van der Waals surface area contributed by atoms with Crippen molar-refractivity contribution in [3.05, 3.63) is 84.3 Å². The Kier molecular flexibility index (Phi) is 6.81. The SMILES string of the molecule is C=N/C(=C\C=C(/C)c1nc(-c2cnn(C)c2)cn2nccc12)N1CCC(Oc2ccc(C#N)cc2)CC1. The summed E-state index contributed by atoms with van der Waals surface area (Å²) in [5.74, 6) is 1.62. The minimum Gasteiger partial charge on any atom is -0.490 e. The van der Waals surface area contributed by atoms with Crippen molar-refractivity contribution in [2.24, 2.45) is 12.0 Å². The van der Waals surface area contributed by atoms with E-state index in [1.165, 1.54) is 0 Å². The summed E-state index contributed by atoms with van der Waals surface area (Å²) >= 11 is 0. The van der Waals surface area contributed by atoms with Gasteiger partial charge in [0.05, 0.1) is 47.1 Å². The number of likely N-dealkylation sites (tertiary alicyclic amines) is 1. The first-order valence-electron chi connectivity index (χ1n) is 12.1. The number of aryl methyl sites for hydroxylation is 1. The summed E-state index contributed by atoms with van der Waals surface area (Å²) in [5, 5.41) is 17.7. The van der Waals surface area contributed by atoms with Crippen LogP contribution in [-0.2, 0) is 7.05 Å². The fourth-order valence-electron chi connectivity index (χ4n) is 4.45. The highest BCUT2D eigenvalue weighted by molar-refractivity contribution is 5.77. The number of aliphatic imine (C=N–C) groups is 1. The van der Waals surface area contributed by atoms with Crippen molar-refractivity contribution in [1.82, 2.24) is 29.3 Å². The molecular formula is C28H28N8O. The lowest BCUT2D eigenvalue weighted by molar-refractivity contribution is 0.117. The normalized spacial score (nSPS) is 15.1. The van der Waals surface area contributed by atoms with Crippen LogP contribution in [0.1, 0.15) is 31.0 Å². The van der Waals surface area contributed by atoms with Crippen molar-refractivity contribution < 1.29 is 4.74 Å². The first-order chi connectivity index (χ1) is 18.0. The molecule has 9 nitrogen and oxygen atoms in total. The molecule has 5 rings (SSSR count). The highest BCUT2D eigenvalue weighted by Gasteiger charge is 2.21. The van der Waals surface area contributed by atoms with Crippen molar-refractivity contribution in [3.63, 3.8) is 0 Å². The monoisotopic (exact) mass is 492 g/mol. The van der Waals surface area contributed by atoms with E-state index in [0.29, 0.717) is 5.56 Å². The topological polar surface area (TPSA) is 96.6 Å². The van der Waals surface area contributed by atoms with Gasteiger partial charge in [0.15, 0.2) is 0 Å². The Morgan fingerprint density at radius 3 is 2.59 bits per heavy atom. The maximum Gasteiger partial charge on any atom is 0.127 e. The molecule has 0 radical (unpaired) electrons. The van der Waals surface area contributed by atoms with E-state index in [0.717, 1.165) is 65.5 Å². The minimum atomic E-state index is 0.127. The Hall–Kier alpha value is -4.71. The first kappa shape index (κ1) is 24.0. The fourth-order valence-corrected chi connectivity index (χ4v) is 4.45. The van der Waals surface area contributed by atoms with Crippen LogP contribution in [0.2, 0.25) is 0 Å². The molecule has 9 heteroatoms. The molecule has 37 heavy (non-hydrogen) atoms. The molecule has 4 heterocycles. The van der Waals surface area contributed by atoms with E-state index in [4.69, 9.17) is 15.0 Å². The van der Waals surface area contributed by atoms with Gasteiger partial charge in [-0.05, 0) is 55.6 Å². The zero-order valence-corrected chi connectivity index (χ0v) is 20.9. The number of rotatable bonds is 7. The number of ether oxygens (including phenoxy) is 1. The first-order valence-corrected chi connectivity index (χ1v) is 12.1. The van der Waals surface area contributed by atoms with Gasteiger partial charge in [0.2, 0.25) is 0 Å². The highest BCUT2D eigenvalue weighted by Crippen LogP contribution is 2.25. The van der Waals surface area contributed by atoms with E-state index in [1.54, 1.807) is 29.2 Å². The van der Waals surface area contributed by atoms with Crippen LogP contribution in [0, 0.1) is 11.3 Å². The number of allylic oxidation sites excluding steroid dienone is 3. The molecule has 0 unspecified atom stereocenters. The molecule has 4 aromatic rings. The van der Waals surface area contributed by atoms with Crippen molar-refractivity contribution in [2.75, 3.05) is 13.1 Å². The zero-order valence-electron chi connectivity index (χ0n) is 20.9. The Balaban J connectivity index is 1.30. The standard InChI is InChI=1S/C28H28N8O/c1-20(28-26-10-13-31-36(26)19-25(33-28)22-17-32-34(3)18-22)4-9-27(30-2)35-14-11-24(12-15-35)37-23-7-5-21(16-29)6-8-23/h4-10,13,17-19,24H,2,11-12,14-15H2,1,3H3/b20-4+,27-9+. The number of hydrogen-bond acceptors (Lipinski definition) is 7. The third-order valence-corrected chi connectivity index (χ3v) is 6.46. The van der Waals surface area contributed by atoms with Gasteiger partial charge in [-0.25, -0.2) is 14.5 Å². The van der Waals surface area contributed by atoms with Gasteiger partial charge in [-0.1, -0.05) is 6.08 Å². The summed E-state index contributed by atoms with van der Waals surface area (Å²) in [5.41, 5.74) is 5.16. The van der Waals surface area contributed by atoms with Gasteiger partial charge in [0.25, 0.3) is 0 Å². The van der Waals surface area contributed by atoms with Gasteiger partial charge in [0.1, 0.15) is 17.7 Å². The van der Waals surface area contributed by atoms with Crippen LogP contribution in [0.4, 0.5) is 0 Å². The van der Waals surface area contributed by atoms with Crippen LogP contribution in [-0.4, -0.2) is 55.2 Å². The number of hydrogen-bond donors (Lipinski definition) is 0. The van der Waals surface area contributed by atoms with E-state index >= 15 is 0 Å². The van der Waals surface area contributed by atoms with Gasteiger partial charge in [-0.3, -0.25) is 4.68 Å². The van der Waals surface area contributed by atoms with E-state index in [-0.39, 0.29) is 6.10 Å². The number of nitriles is 1. The second-order valence-corrected chi connectivity index (χ2v) is 9.01. The Morgan fingerprint density at radius 1 is 1.14 bits per heavy atom. The van der Waals surface area contributed by atoms with Crippen LogP contribution in [0.25, 0.3) is 22.3 Å². The predicted molar refractivity (Wildman–Crippen MR) is 143 cm³/mol. The number of fused-ring (bicyclic) bond motifs is 1. The third kappa shape index (κ3) is 5.28. The molecule has 1 aromatic carbocycles. The molecule has 1 aliphatic heterocycles. The number of aromatic nitrogens is 5. The maximum absolute atomic E-state index is 8.96. The lowest BCUT2D eigenvalue weighted by atomic mass is 10.1. The number of piperidine rings is 1. The molecule has 0 saturated carbocycles. The lowest BCUT2D eigenvalue weighted by Gasteiger charge is -2.33. The van der Waals surface area contributed by atoms with Crippen LogP contribution >= 0.6 is 0 Å². The summed E-state index contributed by atoms with van der Waals surface area (Å²) in [6.45, 7) is 7.48.